The number of nitrogens with zero attached hydrogens (tertiary/aromatic N) is 1. The number of aliphatic carboxylic acids is 1. The van der Waals surface area contributed by atoms with Crippen molar-refractivity contribution in [2.75, 3.05) is 5.75 Å². The molecule has 0 aliphatic rings. The summed E-state index contributed by atoms with van der Waals surface area (Å²) in [5, 5.41) is 11.7. The number of aromatic nitrogens is 1. The zero-order valence-electron chi connectivity index (χ0n) is 11.9. The van der Waals surface area contributed by atoms with E-state index < -0.39 is 5.97 Å². The number of fused-ring (bicyclic) bond motifs is 1. The van der Waals surface area contributed by atoms with E-state index >= 15 is 0 Å². The Hall–Kier alpha value is -1.63. The van der Waals surface area contributed by atoms with Gasteiger partial charge in [0.15, 0.2) is 0 Å². The number of para-hydroxylation sites is 1. The van der Waals surface area contributed by atoms with Crippen LogP contribution in [0.5, 0.6) is 0 Å². The predicted octanol–water partition coefficient (Wildman–Crippen LogP) is 4.04. The molecular weight excluding hydrogens is 394 g/mol. The van der Waals surface area contributed by atoms with Crippen molar-refractivity contribution in [1.82, 2.24) is 4.98 Å². The summed E-state index contributed by atoms with van der Waals surface area (Å²) in [5.74, 6) is -1.19. The minimum absolute atomic E-state index is 0.105. The topological polar surface area (TPSA) is 53.0 Å². The lowest BCUT2D eigenvalue weighted by Gasteiger charge is -2.06. The van der Waals surface area contributed by atoms with Crippen molar-refractivity contribution in [3.63, 3.8) is 0 Å². The fourth-order valence-electron chi connectivity index (χ4n) is 2.01. The summed E-state index contributed by atoms with van der Waals surface area (Å²) < 4.78 is 2.03. The Morgan fingerprint density at radius 3 is 2.70 bits per heavy atom. The number of carbonyl (C=O) groups excluding carboxylic acids is 1. The lowest BCUT2D eigenvalue weighted by molar-refractivity contribution is -0.301. The van der Waals surface area contributed by atoms with E-state index in [4.69, 9.17) is 0 Å². The van der Waals surface area contributed by atoms with Crippen LogP contribution in [0.1, 0.15) is 10.6 Å². The number of thioether (sulfide) groups is 1. The fraction of sp³-hybridized carbons (Fsp3) is 0.0588. The molecule has 0 amide bonds. The quantitative estimate of drug-likeness (QED) is 0.643. The Morgan fingerprint density at radius 1 is 1.22 bits per heavy atom. The van der Waals surface area contributed by atoms with Gasteiger partial charge in [0.05, 0.1) is 16.2 Å². The van der Waals surface area contributed by atoms with Crippen molar-refractivity contribution in [1.29, 1.82) is 0 Å². The Kier molecular flexibility index (Phi) is 5.15. The van der Waals surface area contributed by atoms with Gasteiger partial charge in [0.1, 0.15) is 5.01 Å². The van der Waals surface area contributed by atoms with Crippen molar-refractivity contribution in [2.24, 2.45) is 0 Å². The fourth-order valence-corrected chi connectivity index (χ4v) is 4.24. The molecule has 0 aliphatic heterocycles. The molecule has 0 saturated heterocycles. The molecule has 3 aromatic rings. The maximum Gasteiger partial charge on any atom is 0.131 e. The zero-order chi connectivity index (χ0) is 16.2. The Labute approximate surface area is 150 Å². The van der Waals surface area contributed by atoms with Gasteiger partial charge in [0.25, 0.3) is 0 Å². The highest BCUT2D eigenvalue weighted by atomic mass is 79.9. The van der Waals surface area contributed by atoms with Crippen LogP contribution in [-0.4, -0.2) is 16.7 Å². The third kappa shape index (κ3) is 4.02. The number of hydrogen-bond acceptors (Lipinski definition) is 5. The highest BCUT2D eigenvalue weighted by Crippen LogP contribution is 2.36. The van der Waals surface area contributed by atoms with Gasteiger partial charge in [0, 0.05) is 15.1 Å². The van der Waals surface area contributed by atoms with Crippen molar-refractivity contribution in [2.45, 2.75) is 0 Å². The zero-order valence-corrected chi connectivity index (χ0v) is 15.1. The van der Waals surface area contributed by atoms with Gasteiger partial charge in [-0.3, -0.25) is 0 Å². The summed E-state index contributed by atoms with van der Waals surface area (Å²) in [6.07, 6.45) is 1.95. The molecule has 0 N–H and O–H groups in total. The van der Waals surface area contributed by atoms with E-state index in [1.807, 2.05) is 54.6 Å². The maximum absolute atomic E-state index is 10.8. The highest BCUT2D eigenvalue weighted by molar-refractivity contribution is 9.10. The van der Waals surface area contributed by atoms with Gasteiger partial charge in [0.2, 0.25) is 0 Å². The summed E-state index contributed by atoms with van der Waals surface area (Å²) in [7, 11) is 0. The van der Waals surface area contributed by atoms with Crippen molar-refractivity contribution >= 4 is 66.2 Å². The van der Waals surface area contributed by atoms with Gasteiger partial charge in [-0.05, 0) is 29.8 Å². The second kappa shape index (κ2) is 7.29. The molecule has 0 unspecified atom stereocenters. The summed E-state index contributed by atoms with van der Waals surface area (Å²) in [5.41, 5.74) is 1.90. The van der Waals surface area contributed by atoms with Gasteiger partial charge in [-0.25, -0.2) is 4.98 Å². The van der Waals surface area contributed by atoms with Crippen LogP contribution in [-0.2, 0) is 4.79 Å². The number of hydrogen-bond donors (Lipinski definition) is 0. The first kappa shape index (κ1) is 16.2. The maximum atomic E-state index is 10.8. The number of carbonyl (C=O) groups is 1. The lowest BCUT2D eigenvalue weighted by Crippen LogP contribution is -2.24. The van der Waals surface area contributed by atoms with Gasteiger partial charge in [-0.15, -0.1) is 23.1 Å². The number of benzene rings is 2. The predicted molar refractivity (Wildman–Crippen MR) is 99.1 cm³/mol. The summed E-state index contributed by atoms with van der Waals surface area (Å²) in [6, 6.07) is 15.7. The van der Waals surface area contributed by atoms with Crippen LogP contribution in [0, 0.1) is 0 Å². The Morgan fingerprint density at radius 2 is 1.96 bits per heavy atom. The van der Waals surface area contributed by atoms with Gasteiger partial charge >= 0.3 is 0 Å². The molecule has 1 heterocycles. The average molecular weight is 405 g/mol. The van der Waals surface area contributed by atoms with Gasteiger partial charge < -0.3 is 9.90 Å². The third-order valence-electron chi connectivity index (χ3n) is 3.04. The van der Waals surface area contributed by atoms with E-state index in [-0.39, 0.29) is 5.75 Å². The van der Waals surface area contributed by atoms with E-state index in [1.165, 1.54) is 11.8 Å². The van der Waals surface area contributed by atoms with Gasteiger partial charge in [-0.2, -0.15) is 0 Å². The minimum Gasteiger partial charge on any atom is -0.549 e. The molecule has 0 bridgehead atoms. The van der Waals surface area contributed by atoms with Crippen molar-refractivity contribution in [3.8, 4) is 0 Å². The molecule has 2 aromatic carbocycles. The minimum atomic E-state index is -1.09. The first-order chi connectivity index (χ1) is 11.1. The number of carboxylic acid groups (broad SMARTS) is 1. The van der Waals surface area contributed by atoms with Crippen LogP contribution in [0.15, 0.2) is 53.0 Å². The van der Waals surface area contributed by atoms with E-state index in [9.17, 15) is 9.90 Å². The second-order valence-electron chi connectivity index (χ2n) is 4.68. The van der Waals surface area contributed by atoms with Crippen LogP contribution >= 0.6 is 39.0 Å². The molecule has 0 fully saturated rings. The molecule has 0 radical (unpaired) electrons. The number of rotatable bonds is 5. The first-order valence-electron chi connectivity index (χ1n) is 6.78. The Bertz CT molecular complexity index is 856. The van der Waals surface area contributed by atoms with Crippen LogP contribution in [0.4, 0.5) is 0 Å². The molecule has 3 rings (SSSR count). The van der Waals surface area contributed by atoms with E-state index in [0.29, 0.717) is 0 Å². The smallest absolute Gasteiger partial charge is 0.131 e. The molecule has 6 heteroatoms. The molecule has 0 atom stereocenters. The van der Waals surface area contributed by atoms with E-state index in [1.54, 1.807) is 11.3 Å². The highest BCUT2D eigenvalue weighted by Gasteiger charge is 2.10. The van der Waals surface area contributed by atoms with Crippen LogP contribution in [0.3, 0.4) is 0 Å². The number of halogens is 1. The lowest BCUT2D eigenvalue weighted by atomic mass is 10.2. The monoisotopic (exact) mass is 404 g/mol. The third-order valence-corrected chi connectivity index (χ3v) is 5.97. The van der Waals surface area contributed by atoms with E-state index in [2.05, 4.69) is 20.9 Å². The van der Waals surface area contributed by atoms with Gasteiger partial charge in [-0.1, -0.05) is 46.3 Å². The molecule has 116 valence electrons. The first-order valence-corrected chi connectivity index (χ1v) is 9.38. The largest absolute Gasteiger partial charge is 0.549 e. The van der Waals surface area contributed by atoms with Crippen molar-refractivity contribution in [3.05, 3.63) is 63.6 Å². The average Bonchev–Trinajstić information content (AvgIpc) is 2.96. The molecule has 0 aliphatic carbocycles. The standard InChI is InChI=1S/C17H12BrNO2S2/c18-12-6-2-1-5-11(12)9-15(22-10-16(20)21)17-19-13-7-3-4-8-14(13)23-17/h1-9H,10H2,(H,20,21)/p-1/b15-9-. The normalized spacial score (nSPS) is 11.8. The Balaban J connectivity index is 2.04. The summed E-state index contributed by atoms with van der Waals surface area (Å²) >= 11 is 6.29. The molecule has 3 nitrogen and oxygen atoms in total. The molecule has 0 spiro atoms. The van der Waals surface area contributed by atoms with Crippen LogP contribution in [0.25, 0.3) is 21.2 Å². The number of carboxylic acids is 1. The molecule has 23 heavy (non-hydrogen) atoms. The SMILES string of the molecule is O=C([O-])CS/C(=C\c1ccccc1Br)c1nc2ccccc2s1. The second-order valence-corrected chi connectivity index (χ2v) is 7.58. The molecular formula is C17H11BrNO2S2-. The van der Waals surface area contributed by atoms with Crippen LogP contribution in [0.2, 0.25) is 0 Å². The summed E-state index contributed by atoms with van der Waals surface area (Å²) in [6.45, 7) is 0. The summed E-state index contributed by atoms with van der Waals surface area (Å²) in [4.78, 5) is 16.3. The molecule has 0 saturated carbocycles. The molecule has 1 aromatic heterocycles. The van der Waals surface area contributed by atoms with Crippen LogP contribution < -0.4 is 5.11 Å². The van der Waals surface area contributed by atoms with E-state index in [0.717, 1.165) is 30.2 Å². The number of thiazole rings is 1. The van der Waals surface area contributed by atoms with Crippen molar-refractivity contribution < 1.29 is 9.90 Å².